The lowest BCUT2D eigenvalue weighted by Crippen LogP contribution is -2.30. The minimum absolute atomic E-state index is 0.0271. The van der Waals surface area contributed by atoms with Gasteiger partial charge in [-0.15, -0.1) is 11.8 Å². The molecule has 0 rings (SSSR count). The summed E-state index contributed by atoms with van der Waals surface area (Å²) in [6.45, 7) is 9.11. The number of aliphatic hydroxyl groups is 1. The van der Waals surface area contributed by atoms with Crippen molar-refractivity contribution in [1.29, 1.82) is 0 Å². The van der Waals surface area contributed by atoms with E-state index in [9.17, 15) is 18.3 Å². The van der Waals surface area contributed by atoms with Gasteiger partial charge in [-0.05, 0) is 23.8 Å². The SMILES string of the molecule is CCC/C(SC(C)(C)C)=C(\C)[C@@H](O)C(F)(F)F. The van der Waals surface area contributed by atoms with Crippen LogP contribution in [0, 0.1) is 0 Å². The van der Waals surface area contributed by atoms with Crippen LogP contribution in [-0.2, 0) is 0 Å². The van der Waals surface area contributed by atoms with E-state index in [1.807, 2.05) is 27.7 Å². The molecular weight excluding hydrogens is 249 g/mol. The fraction of sp³-hybridized carbons (Fsp3) is 0.833. The maximum atomic E-state index is 12.4. The minimum Gasteiger partial charge on any atom is -0.379 e. The lowest BCUT2D eigenvalue weighted by atomic mass is 10.1. The standard InChI is InChI=1S/C12H21F3OS/c1-6-7-9(17-11(3,4)5)8(2)10(16)12(13,14)15/h10,16H,6-7H2,1-5H3/b9-8-/t10-/m1/s1. The second-order valence-electron chi connectivity index (χ2n) is 5.01. The van der Waals surface area contributed by atoms with E-state index in [4.69, 9.17) is 0 Å². The van der Waals surface area contributed by atoms with Crippen LogP contribution in [0.25, 0.3) is 0 Å². The third kappa shape index (κ3) is 6.36. The molecule has 0 fully saturated rings. The van der Waals surface area contributed by atoms with E-state index in [1.165, 1.54) is 18.7 Å². The summed E-state index contributed by atoms with van der Waals surface area (Å²) in [6.07, 6.45) is -5.60. The molecule has 0 spiro atoms. The molecule has 0 aromatic heterocycles. The van der Waals surface area contributed by atoms with Crippen molar-refractivity contribution in [3.63, 3.8) is 0 Å². The lowest BCUT2D eigenvalue weighted by molar-refractivity contribution is -0.191. The summed E-state index contributed by atoms with van der Waals surface area (Å²) in [4.78, 5) is 0.643. The Morgan fingerprint density at radius 1 is 1.24 bits per heavy atom. The van der Waals surface area contributed by atoms with Crippen molar-refractivity contribution in [2.24, 2.45) is 0 Å². The van der Waals surface area contributed by atoms with Crippen LogP contribution >= 0.6 is 11.8 Å². The molecule has 5 heteroatoms. The second-order valence-corrected chi connectivity index (χ2v) is 6.94. The molecule has 0 radical (unpaired) electrons. The third-order valence-electron chi connectivity index (χ3n) is 2.07. The zero-order valence-corrected chi connectivity index (χ0v) is 11.8. The summed E-state index contributed by atoms with van der Waals surface area (Å²) >= 11 is 1.40. The Hall–Kier alpha value is -0.160. The van der Waals surface area contributed by atoms with Gasteiger partial charge in [0.1, 0.15) is 0 Å². The van der Waals surface area contributed by atoms with Crippen molar-refractivity contribution < 1.29 is 18.3 Å². The maximum Gasteiger partial charge on any atom is 0.418 e. The van der Waals surface area contributed by atoms with Crippen molar-refractivity contribution >= 4 is 11.8 Å². The van der Waals surface area contributed by atoms with E-state index < -0.39 is 12.3 Å². The summed E-state index contributed by atoms with van der Waals surface area (Å²) in [5.74, 6) is 0. The number of aliphatic hydroxyl groups excluding tert-OH is 1. The van der Waals surface area contributed by atoms with Crippen molar-refractivity contribution in [3.8, 4) is 0 Å². The van der Waals surface area contributed by atoms with Gasteiger partial charge in [-0.3, -0.25) is 0 Å². The molecule has 0 aliphatic carbocycles. The number of rotatable bonds is 4. The smallest absolute Gasteiger partial charge is 0.379 e. The van der Waals surface area contributed by atoms with Crippen LogP contribution < -0.4 is 0 Å². The molecule has 0 aromatic rings. The van der Waals surface area contributed by atoms with Crippen LogP contribution in [-0.4, -0.2) is 22.1 Å². The number of thioether (sulfide) groups is 1. The third-order valence-corrected chi connectivity index (χ3v) is 3.45. The Morgan fingerprint density at radius 2 is 1.71 bits per heavy atom. The monoisotopic (exact) mass is 270 g/mol. The van der Waals surface area contributed by atoms with E-state index in [0.29, 0.717) is 11.3 Å². The second kappa shape index (κ2) is 6.14. The number of allylic oxidation sites excluding steroid dienone is 1. The topological polar surface area (TPSA) is 20.2 Å². The highest BCUT2D eigenvalue weighted by atomic mass is 32.2. The summed E-state index contributed by atoms with van der Waals surface area (Å²) in [5.41, 5.74) is 0.0271. The van der Waals surface area contributed by atoms with Crippen molar-refractivity contribution in [3.05, 3.63) is 10.5 Å². The van der Waals surface area contributed by atoms with Crippen LogP contribution in [0.4, 0.5) is 13.2 Å². The van der Waals surface area contributed by atoms with Gasteiger partial charge in [0.25, 0.3) is 0 Å². The van der Waals surface area contributed by atoms with Gasteiger partial charge in [0, 0.05) is 4.75 Å². The van der Waals surface area contributed by atoms with E-state index >= 15 is 0 Å². The zero-order valence-electron chi connectivity index (χ0n) is 11.0. The first-order chi connectivity index (χ1) is 7.49. The molecule has 0 aromatic carbocycles. The molecule has 0 amide bonds. The number of halogens is 3. The van der Waals surface area contributed by atoms with Gasteiger partial charge in [0.2, 0.25) is 0 Å². The predicted molar refractivity (Wildman–Crippen MR) is 67.0 cm³/mol. The van der Waals surface area contributed by atoms with Gasteiger partial charge in [-0.2, -0.15) is 13.2 Å². The summed E-state index contributed by atoms with van der Waals surface area (Å²) < 4.78 is 37.2. The minimum atomic E-state index is -4.58. The van der Waals surface area contributed by atoms with E-state index in [-0.39, 0.29) is 10.3 Å². The predicted octanol–water partition coefficient (Wildman–Crippen LogP) is 4.52. The molecule has 1 N–H and O–H groups in total. The molecule has 1 nitrogen and oxygen atoms in total. The van der Waals surface area contributed by atoms with Gasteiger partial charge in [-0.1, -0.05) is 34.1 Å². The quantitative estimate of drug-likeness (QED) is 0.810. The highest BCUT2D eigenvalue weighted by molar-refractivity contribution is 8.04. The van der Waals surface area contributed by atoms with Crippen LogP contribution in [0.5, 0.6) is 0 Å². The molecule has 102 valence electrons. The number of hydrogen-bond donors (Lipinski definition) is 1. The Morgan fingerprint density at radius 3 is 2.00 bits per heavy atom. The van der Waals surface area contributed by atoms with Gasteiger partial charge in [0.05, 0.1) is 0 Å². The number of alkyl halides is 3. The Labute approximate surface area is 105 Å². The molecule has 0 saturated heterocycles. The van der Waals surface area contributed by atoms with Crippen molar-refractivity contribution in [2.45, 2.75) is 64.5 Å². The van der Waals surface area contributed by atoms with Gasteiger partial charge in [-0.25, -0.2) is 0 Å². The average Bonchev–Trinajstić information content (AvgIpc) is 2.11. The molecule has 0 heterocycles. The van der Waals surface area contributed by atoms with Gasteiger partial charge in [0.15, 0.2) is 6.10 Å². The number of hydrogen-bond acceptors (Lipinski definition) is 2. The fourth-order valence-corrected chi connectivity index (χ4v) is 2.64. The normalized spacial score (nSPS) is 16.8. The molecule has 0 bridgehead atoms. The molecule has 0 aliphatic heterocycles. The fourth-order valence-electron chi connectivity index (χ4n) is 1.32. The average molecular weight is 270 g/mol. The molecule has 17 heavy (non-hydrogen) atoms. The zero-order chi connectivity index (χ0) is 13.9. The Bertz CT molecular complexity index is 276. The molecule has 0 saturated carbocycles. The molecular formula is C12H21F3OS. The van der Waals surface area contributed by atoms with Gasteiger partial charge >= 0.3 is 6.18 Å². The van der Waals surface area contributed by atoms with Crippen molar-refractivity contribution in [2.75, 3.05) is 0 Å². The first-order valence-electron chi connectivity index (χ1n) is 5.62. The van der Waals surface area contributed by atoms with E-state index in [0.717, 1.165) is 6.42 Å². The maximum absolute atomic E-state index is 12.4. The van der Waals surface area contributed by atoms with Crippen LogP contribution in [0.3, 0.4) is 0 Å². The first-order valence-corrected chi connectivity index (χ1v) is 6.44. The highest BCUT2D eigenvalue weighted by Crippen LogP contribution is 2.38. The van der Waals surface area contributed by atoms with Crippen LogP contribution in [0.1, 0.15) is 47.5 Å². The largest absolute Gasteiger partial charge is 0.418 e. The summed E-state index contributed by atoms with van der Waals surface area (Å²) in [6, 6.07) is 0. The van der Waals surface area contributed by atoms with E-state index in [2.05, 4.69) is 0 Å². The molecule has 0 unspecified atom stereocenters. The molecule has 1 atom stereocenters. The highest BCUT2D eigenvalue weighted by Gasteiger charge is 2.40. The summed E-state index contributed by atoms with van der Waals surface area (Å²) in [7, 11) is 0. The van der Waals surface area contributed by atoms with Crippen LogP contribution in [0.2, 0.25) is 0 Å². The van der Waals surface area contributed by atoms with Crippen LogP contribution in [0.15, 0.2) is 10.5 Å². The van der Waals surface area contributed by atoms with Gasteiger partial charge < -0.3 is 5.11 Å². The summed E-state index contributed by atoms with van der Waals surface area (Å²) in [5, 5.41) is 9.25. The first kappa shape index (κ1) is 16.8. The van der Waals surface area contributed by atoms with Crippen molar-refractivity contribution in [1.82, 2.24) is 0 Å². The molecule has 0 aliphatic rings. The van der Waals surface area contributed by atoms with E-state index in [1.54, 1.807) is 0 Å². The Kier molecular flexibility index (Phi) is 6.08. The lowest BCUT2D eigenvalue weighted by Gasteiger charge is -2.24. The Balaban J connectivity index is 5.11.